The standard InChI is InChI=1S/C25H20N2O6/c1-32-24(30)19-10-6-5-9-18(19)21-12-11-17(33-21)15-20-22(28)26-25(31)27(23(20)29)14-13-16-7-3-2-4-8-16/h2-12,15H,13-14H2,1H3,(H,26,28,31). The predicted molar refractivity (Wildman–Crippen MR) is 119 cm³/mol. The van der Waals surface area contributed by atoms with Gasteiger partial charge in [-0.25, -0.2) is 9.59 Å². The number of furan rings is 1. The van der Waals surface area contributed by atoms with Gasteiger partial charge < -0.3 is 9.15 Å². The molecule has 0 unspecified atom stereocenters. The largest absolute Gasteiger partial charge is 0.465 e. The van der Waals surface area contributed by atoms with Gasteiger partial charge in [0, 0.05) is 12.1 Å². The smallest absolute Gasteiger partial charge is 0.338 e. The lowest BCUT2D eigenvalue weighted by atomic mass is 10.1. The molecule has 33 heavy (non-hydrogen) atoms. The quantitative estimate of drug-likeness (QED) is 0.355. The molecule has 8 heteroatoms. The van der Waals surface area contributed by atoms with E-state index in [0.29, 0.717) is 23.3 Å². The van der Waals surface area contributed by atoms with Crippen LogP contribution in [-0.4, -0.2) is 42.4 Å². The van der Waals surface area contributed by atoms with E-state index in [4.69, 9.17) is 9.15 Å². The highest BCUT2D eigenvalue weighted by Crippen LogP contribution is 2.27. The molecule has 1 aliphatic rings. The Hall–Kier alpha value is -4.46. The first-order valence-corrected chi connectivity index (χ1v) is 10.2. The molecular weight excluding hydrogens is 424 g/mol. The second-order valence-corrected chi connectivity index (χ2v) is 7.25. The number of barbiturate groups is 1. The van der Waals surface area contributed by atoms with E-state index >= 15 is 0 Å². The van der Waals surface area contributed by atoms with Gasteiger partial charge in [0.2, 0.25) is 0 Å². The Morgan fingerprint density at radius 1 is 1.00 bits per heavy atom. The van der Waals surface area contributed by atoms with Crippen LogP contribution in [0.5, 0.6) is 0 Å². The highest BCUT2D eigenvalue weighted by Gasteiger charge is 2.35. The number of nitrogens with zero attached hydrogens (tertiary/aromatic N) is 1. The predicted octanol–water partition coefficient (Wildman–Crippen LogP) is 3.44. The van der Waals surface area contributed by atoms with Crippen LogP contribution in [0, 0.1) is 0 Å². The fourth-order valence-corrected chi connectivity index (χ4v) is 3.49. The first-order valence-electron chi connectivity index (χ1n) is 10.2. The number of carbonyl (C=O) groups excluding carboxylic acids is 4. The Kier molecular flexibility index (Phi) is 6.17. The van der Waals surface area contributed by atoms with Crippen molar-refractivity contribution in [2.75, 3.05) is 13.7 Å². The van der Waals surface area contributed by atoms with Crippen molar-refractivity contribution >= 4 is 29.9 Å². The van der Waals surface area contributed by atoms with Crippen LogP contribution in [-0.2, 0) is 20.7 Å². The second-order valence-electron chi connectivity index (χ2n) is 7.25. The van der Waals surface area contributed by atoms with Crippen molar-refractivity contribution in [3.63, 3.8) is 0 Å². The summed E-state index contributed by atoms with van der Waals surface area (Å²) in [5.41, 5.74) is 1.57. The number of esters is 1. The monoisotopic (exact) mass is 444 g/mol. The number of hydrogen-bond donors (Lipinski definition) is 1. The summed E-state index contributed by atoms with van der Waals surface area (Å²) in [6, 6.07) is 18.6. The van der Waals surface area contributed by atoms with E-state index in [0.717, 1.165) is 10.5 Å². The normalized spacial score (nSPS) is 15.0. The van der Waals surface area contributed by atoms with Gasteiger partial charge in [-0.1, -0.05) is 48.5 Å². The van der Waals surface area contributed by atoms with Crippen molar-refractivity contribution in [1.29, 1.82) is 0 Å². The lowest BCUT2D eigenvalue weighted by Gasteiger charge is -2.26. The Labute approximate surface area is 189 Å². The van der Waals surface area contributed by atoms with Gasteiger partial charge >= 0.3 is 12.0 Å². The minimum atomic E-state index is -0.797. The Balaban J connectivity index is 1.58. The highest BCUT2D eigenvalue weighted by molar-refractivity contribution is 6.30. The van der Waals surface area contributed by atoms with Crippen molar-refractivity contribution < 1.29 is 28.3 Å². The number of ether oxygens (including phenoxy) is 1. The number of hydrogen-bond acceptors (Lipinski definition) is 6. The molecule has 2 aromatic carbocycles. The minimum Gasteiger partial charge on any atom is -0.465 e. The summed E-state index contributed by atoms with van der Waals surface area (Å²) >= 11 is 0. The molecule has 4 amide bonds. The molecule has 0 radical (unpaired) electrons. The zero-order valence-electron chi connectivity index (χ0n) is 17.7. The van der Waals surface area contributed by atoms with Gasteiger partial charge in [-0.3, -0.25) is 19.8 Å². The van der Waals surface area contributed by atoms with Gasteiger partial charge in [-0.2, -0.15) is 0 Å². The van der Waals surface area contributed by atoms with E-state index in [-0.39, 0.29) is 17.9 Å². The number of imide groups is 2. The minimum absolute atomic E-state index is 0.120. The third-order valence-corrected chi connectivity index (χ3v) is 5.16. The zero-order valence-corrected chi connectivity index (χ0v) is 17.7. The van der Waals surface area contributed by atoms with Crippen molar-refractivity contribution in [3.05, 3.63) is 89.2 Å². The van der Waals surface area contributed by atoms with E-state index in [1.165, 1.54) is 13.2 Å². The van der Waals surface area contributed by atoms with E-state index in [9.17, 15) is 19.2 Å². The summed E-state index contributed by atoms with van der Waals surface area (Å²) in [5.74, 6) is -1.43. The van der Waals surface area contributed by atoms with Gasteiger partial charge in [-0.05, 0) is 36.3 Å². The topological polar surface area (TPSA) is 106 Å². The van der Waals surface area contributed by atoms with E-state index in [1.807, 2.05) is 30.3 Å². The SMILES string of the molecule is COC(=O)c1ccccc1-c1ccc(C=C2C(=O)NC(=O)N(CCc3ccccc3)C2=O)o1. The zero-order chi connectivity index (χ0) is 23.4. The summed E-state index contributed by atoms with van der Waals surface area (Å²) in [6.45, 7) is 0.120. The Morgan fingerprint density at radius 2 is 1.73 bits per heavy atom. The molecule has 0 spiro atoms. The van der Waals surface area contributed by atoms with Crippen molar-refractivity contribution in [1.82, 2.24) is 10.2 Å². The Morgan fingerprint density at radius 3 is 2.48 bits per heavy atom. The van der Waals surface area contributed by atoms with Crippen LogP contribution < -0.4 is 5.32 Å². The first-order chi connectivity index (χ1) is 16.0. The van der Waals surface area contributed by atoms with Crippen LogP contribution in [0.25, 0.3) is 17.4 Å². The molecule has 0 bridgehead atoms. The van der Waals surface area contributed by atoms with Gasteiger partial charge in [0.1, 0.15) is 17.1 Å². The van der Waals surface area contributed by atoms with Gasteiger partial charge in [0.25, 0.3) is 11.8 Å². The molecule has 1 saturated heterocycles. The number of urea groups is 1. The maximum Gasteiger partial charge on any atom is 0.338 e. The van der Waals surface area contributed by atoms with Crippen molar-refractivity contribution in [2.45, 2.75) is 6.42 Å². The fraction of sp³-hybridized carbons (Fsp3) is 0.120. The number of carbonyl (C=O) groups is 4. The van der Waals surface area contributed by atoms with Crippen molar-refractivity contribution in [3.8, 4) is 11.3 Å². The average molecular weight is 444 g/mol. The van der Waals surface area contributed by atoms with Crippen LogP contribution in [0.3, 0.4) is 0 Å². The molecule has 4 rings (SSSR count). The molecule has 166 valence electrons. The number of methoxy groups -OCH3 is 1. The highest BCUT2D eigenvalue weighted by atomic mass is 16.5. The van der Waals surface area contributed by atoms with Gasteiger partial charge in [0.15, 0.2) is 0 Å². The van der Waals surface area contributed by atoms with Gasteiger partial charge in [-0.15, -0.1) is 0 Å². The number of benzene rings is 2. The van der Waals surface area contributed by atoms with Crippen LogP contribution in [0.4, 0.5) is 4.79 Å². The summed E-state index contributed by atoms with van der Waals surface area (Å²) in [4.78, 5) is 50.5. The number of amides is 4. The molecule has 1 aliphatic heterocycles. The Bertz CT molecular complexity index is 1260. The molecule has 0 saturated carbocycles. The molecule has 1 aromatic heterocycles. The molecule has 0 atom stereocenters. The summed E-state index contributed by atoms with van der Waals surface area (Å²) in [7, 11) is 1.29. The number of rotatable bonds is 6. The van der Waals surface area contributed by atoms with Crippen LogP contribution in [0.2, 0.25) is 0 Å². The number of nitrogens with one attached hydrogen (secondary N) is 1. The lowest BCUT2D eigenvalue weighted by molar-refractivity contribution is -0.130. The van der Waals surface area contributed by atoms with Crippen LogP contribution in [0.15, 0.2) is 76.7 Å². The summed E-state index contributed by atoms with van der Waals surface area (Å²) in [5, 5.41) is 2.19. The van der Waals surface area contributed by atoms with Crippen molar-refractivity contribution in [2.24, 2.45) is 0 Å². The molecular formula is C25H20N2O6. The van der Waals surface area contributed by atoms with Crippen LogP contribution in [0.1, 0.15) is 21.7 Å². The van der Waals surface area contributed by atoms with E-state index in [2.05, 4.69) is 5.32 Å². The second kappa shape index (κ2) is 9.35. The average Bonchev–Trinajstić information content (AvgIpc) is 3.30. The molecule has 1 fully saturated rings. The molecule has 1 N–H and O–H groups in total. The lowest BCUT2D eigenvalue weighted by Crippen LogP contribution is -2.54. The van der Waals surface area contributed by atoms with E-state index < -0.39 is 23.8 Å². The van der Waals surface area contributed by atoms with Crippen LogP contribution >= 0.6 is 0 Å². The maximum atomic E-state index is 12.9. The molecule has 8 nitrogen and oxygen atoms in total. The molecule has 0 aliphatic carbocycles. The fourth-order valence-electron chi connectivity index (χ4n) is 3.49. The summed E-state index contributed by atoms with van der Waals surface area (Å²) < 4.78 is 10.6. The van der Waals surface area contributed by atoms with E-state index in [1.54, 1.807) is 36.4 Å². The summed E-state index contributed by atoms with van der Waals surface area (Å²) in [6.07, 6.45) is 1.74. The third-order valence-electron chi connectivity index (χ3n) is 5.16. The molecule has 2 heterocycles. The molecule has 3 aromatic rings. The van der Waals surface area contributed by atoms with Gasteiger partial charge in [0.05, 0.1) is 12.7 Å². The third kappa shape index (κ3) is 4.59. The first kappa shape index (κ1) is 21.8. The maximum absolute atomic E-state index is 12.9.